The number of hydrogen-bond acceptors (Lipinski definition) is 5. The molecule has 0 atom stereocenters. The predicted octanol–water partition coefficient (Wildman–Crippen LogP) is 5.80. The molecule has 1 N–H and O–H groups in total. The minimum absolute atomic E-state index is 0.205. The molecule has 2 aromatic heterocycles. The van der Waals surface area contributed by atoms with Gasteiger partial charge in [-0.15, -0.1) is 0 Å². The Morgan fingerprint density at radius 2 is 1.65 bits per heavy atom. The molecule has 1 amide bonds. The maximum Gasteiger partial charge on any atom is 0.434 e. The van der Waals surface area contributed by atoms with Gasteiger partial charge >= 0.3 is 6.18 Å². The van der Waals surface area contributed by atoms with Crippen LogP contribution in [0.3, 0.4) is 0 Å². The minimum Gasteiger partial charge on any atom is -0.338 e. The Balaban J connectivity index is 1.58. The lowest BCUT2D eigenvalue weighted by Gasteiger charge is -2.13. The summed E-state index contributed by atoms with van der Waals surface area (Å²) in [5, 5.41) is 10.3. The molecule has 0 saturated carbocycles. The summed E-state index contributed by atoms with van der Waals surface area (Å²) >= 11 is 0. The number of alkyl halides is 3. The number of anilines is 1. The van der Waals surface area contributed by atoms with E-state index < -0.39 is 23.3 Å². The molecule has 4 rings (SSSR count). The number of halogens is 3. The number of nitrogens with zero attached hydrogens (tertiary/aromatic N) is 4. The summed E-state index contributed by atoms with van der Waals surface area (Å²) in [6, 6.07) is 12.8. The number of carbonyl (C=O) groups excluding carboxylic acids is 1. The van der Waals surface area contributed by atoms with Crippen LogP contribution < -0.4 is 5.32 Å². The second kappa shape index (κ2) is 8.44. The first kappa shape index (κ1) is 23.2. The number of amides is 1. The second-order valence-corrected chi connectivity index (χ2v) is 8.86. The summed E-state index contributed by atoms with van der Waals surface area (Å²) in [4.78, 5) is 17.1. The molecule has 2 aromatic carbocycles. The molecule has 0 aliphatic heterocycles. The van der Waals surface area contributed by atoms with E-state index in [4.69, 9.17) is 4.52 Å². The highest BCUT2D eigenvalue weighted by Gasteiger charge is 2.40. The van der Waals surface area contributed by atoms with Gasteiger partial charge in [0.2, 0.25) is 11.7 Å². The molecule has 0 spiro atoms. The van der Waals surface area contributed by atoms with Crippen molar-refractivity contribution in [2.75, 3.05) is 5.32 Å². The van der Waals surface area contributed by atoms with Crippen LogP contribution in [-0.4, -0.2) is 25.8 Å². The third-order valence-electron chi connectivity index (χ3n) is 5.03. The number of hydrogen-bond donors (Lipinski definition) is 1. The van der Waals surface area contributed by atoms with Crippen molar-refractivity contribution in [1.82, 2.24) is 19.9 Å². The lowest BCUT2D eigenvalue weighted by atomic mass is 9.97. The Morgan fingerprint density at radius 1 is 1.00 bits per heavy atom. The van der Waals surface area contributed by atoms with E-state index in [1.165, 1.54) is 12.1 Å². The molecule has 7 nitrogen and oxygen atoms in total. The third-order valence-corrected chi connectivity index (χ3v) is 5.03. The van der Waals surface area contributed by atoms with Crippen LogP contribution >= 0.6 is 0 Å². The van der Waals surface area contributed by atoms with Crippen LogP contribution in [0, 0.1) is 6.92 Å². The van der Waals surface area contributed by atoms with Crippen LogP contribution in [0.1, 0.15) is 48.3 Å². The van der Waals surface area contributed by atoms with Crippen molar-refractivity contribution in [3.8, 4) is 17.1 Å². The summed E-state index contributed by atoms with van der Waals surface area (Å²) in [6.45, 7) is 7.65. The van der Waals surface area contributed by atoms with Gasteiger partial charge < -0.3 is 9.84 Å². The van der Waals surface area contributed by atoms with Crippen molar-refractivity contribution in [1.29, 1.82) is 0 Å². The van der Waals surface area contributed by atoms with Gasteiger partial charge in [-0.3, -0.25) is 4.79 Å². The number of carbonyl (C=O) groups is 1. The normalized spacial score (nSPS) is 12.1. The summed E-state index contributed by atoms with van der Waals surface area (Å²) in [5.74, 6) is -0.0697. The van der Waals surface area contributed by atoms with E-state index in [9.17, 15) is 18.0 Å². The standard InChI is InChI=1S/C24H22F3N5O2/c1-14-5-11-17(12-6-14)32-19(24(25,26)27)18(13-28-32)21(33)29-16-9-7-15(8-10-16)20-30-22(34-31-20)23(2,3)4/h5-13H,1-4H3,(H,29,33). The maximum absolute atomic E-state index is 13.9. The topological polar surface area (TPSA) is 85.8 Å². The molecular formula is C24H22F3N5O2. The SMILES string of the molecule is Cc1ccc(-n2ncc(C(=O)Nc3ccc(-c4noc(C(C)(C)C)n4)cc3)c2C(F)(F)F)cc1. The third kappa shape index (κ3) is 4.70. The van der Waals surface area contributed by atoms with E-state index in [1.807, 2.05) is 27.7 Å². The van der Waals surface area contributed by atoms with E-state index in [0.29, 0.717) is 23.0 Å². The first-order valence-electron chi connectivity index (χ1n) is 10.4. The fourth-order valence-electron chi connectivity index (χ4n) is 3.22. The zero-order valence-electron chi connectivity index (χ0n) is 18.9. The van der Waals surface area contributed by atoms with Crippen molar-refractivity contribution in [2.24, 2.45) is 0 Å². The fourth-order valence-corrected chi connectivity index (χ4v) is 3.22. The van der Waals surface area contributed by atoms with E-state index >= 15 is 0 Å². The molecule has 0 aliphatic rings. The average molecular weight is 469 g/mol. The zero-order chi connectivity index (χ0) is 24.7. The minimum atomic E-state index is -4.79. The largest absolute Gasteiger partial charge is 0.434 e. The molecule has 0 bridgehead atoms. The Hall–Kier alpha value is -3.95. The van der Waals surface area contributed by atoms with Gasteiger partial charge in [0.05, 0.1) is 17.4 Å². The van der Waals surface area contributed by atoms with Crippen LogP contribution in [0.4, 0.5) is 18.9 Å². The van der Waals surface area contributed by atoms with Crippen molar-refractivity contribution >= 4 is 11.6 Å². The van der Waals surface area contributed by atoms with Gasteiger partial charge in [0, 0.05) is 16.7 Å². The van der Waals surface area contributed by atoms with Crippen LogP contribution in [-0.2, 0) is 11.6 Å². The van der Waals surface area contributed by atoms with Crippen molar-refractivity contribution in [3.05, 3.63) is 77.4 Å². The molecule has 34 heavy (non-hydrogen) atoms. The smallest absolute Gasteiger partial charge is 0.338 e. The van der Waals surface area contributed by atoms with Gasteiger partial charge in [-0.05, 0) is 43.3 Å². The Kier molecular flexibility index (Phi) is 5.76. The molecule has 0 radical (unpaired) electrons. The van der Waals surface area contributed by atoms with Gasteiger partial charge in [0.1, 0.15) is 0 Å². The Labute approximate surface area is 193 Å². The quantitative estimate of drug-likeness (QED) is 0.408. The van der Waals surface area contributed by atoms with Crippen LogP contribution in [0.5, 0.6) is 0 Å². The number of rotatable bonds is 4. The van der Waals surface area contributed by atoms with Gasteiger partial charge in [-0.2, -0.15) is 23.3 Å². The fraction of sp³-hybridized carbons (Fsp3) is 0.250. The summed E-state index contributed by atoms with van der Waals surface area (Å²) in [5.41, 5.74) is 0.0118. The molecule has 176 valence electrons. The van der Waals surface area contributed by atoms with E-state index in [-0.39, 0.29) is 11.1 Å². The first-order valence-corrected chi connectivity index (χ1v) is 10.4. The molecule has 0 saturated heterocycles. The van der Waals surface area contributed by atoms with Crippen molar-refractivity contribution in [3.63, 3.8) is 0 Å². The Morgan fingerprint density at radius 3 is 2.21 bits per heavy atom. The van der Waals surface area contributed by atoms with E-state index in [1.54, 1.807) is 36.4 Å². The van der Waals surface area contributed by atoms with Crippen LogP contribution in [0.25, 0.3) is 17.1 Å². The van der Waals surface area contributed by atoms with Crippen molar-refractivity contribution < 1.29 is 22.5 Å². The molecule has 0 aliphatic carbocycles. The molecule has 0 unspecified atom stereocenters. The van der Waals surface area contributed by atoms with Gasteiger partial charge in [0.15, 0.2) is 5.69 Å². The maximum atomic E-state index is 13.9. The van der Waals surface area contributed by atoms with E-state index in [0.717, 1.165) is 16.4 Å². The van der Waals surface area contributed by atoms with Crippen LogP contribution in [0.15, 0.2) is 59.3 Å². The molecule has 10 heteroatoms. The highest BCUT2D eigenvalue weighted by molar-refractivity contribution is 6.05. The second-order valence-electron chi connectivity index (χ2n) is 8.86. The van der Waals surface area contributed by atoms with Crippen LogP contribution in [0.2, 0.25) is 0 Å². The highest BCUT2D eigenvalue weighted by Crippen LogP contribution is 2.34. The van der Waals surface area contributed by atoms with Crippen molar-refractivity contribution in [2.45, 2.75) is 39.3 Å². The number of benzene rings is 2. The van der Waals surface area contributed by atoms with E-state index in [2.05, 4.69) is 20.6 Å². The molecule has 2 heterocycles. The van der Waals surface area contributed by atoms with Gasteiger partial charge in [-0.25, -0.2) is 4.68 Å². The highest BCUT2D eigenvalue weighted by atomic mass is 19.4. The molecule has 0 fully saturated rings. The first-order chi connectivity index (χ1) is 15.9. The van der Waals surface area contributed by atoms with Gasteiger partial charge in [-0.1, -0.05) is 43.6 Å². The number of aryl methyl sites for hydroxylation is 1. The number of aromatic nitrogens is 4. The molecule has 4 aromatic rings. The number of nitrogens with one attached hydrogen (secondary N) is 1. The zero-order valence-corrected chi connectivity index (χ0v) is 18.9. The monoisotopic (exact) mass is 469 g/mol. The lowest BCUT2D eigenvalue weighted by molar-refractivity contribution is -0.143. The molecular weight excluding hydrogens is 447 g/mol. The average Bonchev–Trinajstić information content (AvgIpc) is 3.42. The Bertz CT molecular complexity index is 1310. The predicted molar refractivity (Wildman–Crippen MR) is 120 cm³/mol. The summed E-state index contributed by atoms with van der Waals surface area (Å²) in [6.07, 6.45) is -3.87. The lowest BCUT2D eigenvalue weighted by Crippen LogP contribution is -2.20. The summed E-state index contributed by atoms with van der Waals surface area (Å²) < 4.78 is 47.6. The van der Waals surface area contributed by atoms with Gasteiger partial charge in [0.25, 0.3) is 5.91 Å². The summed E-state index contributed by atoms with van der Waals surface area (Å²) in [7, 11) is 0.